The summed E-state index contributed by atoms with van der Waals surface area (Å²) in [6.07, 6.45) is 13.7. The average molecular weight is 428 g/mol. The van der Waals surface area contributed by atoms with E-state index in [1.165, 1.54) is 61.2 Å². The number of fused-ring (bicyclic) bond motifs is 4. The zero-order valence-corrected chi connectivity index (χ0v) is 18.0. The molecule has 1 aromatic heterocycles. The summed E-state index contributed by atoms with van der Waals surface area (Å²) in [4.78, 5) is 5.08. The van der Waals surface area contributed by atoms with Gasteiger partial charge in [-0.15, -0.1) is 11.3 Å². The molecule has 0 unspecified atom stereocenters. The zero-order chi connectivity index (χ0) is 18.9. The molecule has 3 aliphatic rings. The van der Waals surface area contributed by atoms with Crippen molar-refractivity contribution in [3.63, 3.8) is 0 Å². The van der Waals surface area contributed by atoms with Crippen molar-refractivity contribution in [1.29, 1.82) is 0 Å². The Morgan fingerprint density at radius 2 is 2.00 bits per heavy atom. The van der Waals surface area contributed by atoms with Gasteiger partial charge in [0, 0.05) is 41.2 Å². The summed E-state index contributed by atoms with van der Waals surface area (Å²) in [5, 5.41) is 3.35. The number of hydrogen-bond acceptors (Lipinski definition) is 4. The third-order valence-electron chi connectivity index (χ3n) is 5.37. The van der Waals surface area contributed by atoms with Gasteiger partial charge in [-0.2, -0.15) is 0 Å². The number of nitrogens with zero attached hydrogens (tertiary/aromatic N) is 1. The second-order valence-corrected chi connectivity index (χ2v) is 9.95. The predicted octanol–water partition coefficient (Wildman–Crippen LogP) is 4.68. The minimum atomic E-state index is 0.678. The van der Waals surface area contributed by atoms with Gasteiger partial charge in [0.15, 0.2) is 0 Å². The van der Waals surface area contributed by atoms with Gasteiger partial charge >= 0.3 is 0 Å². The molecule has 1 saturated heterocycles. The van der Waals surface area contributed by atoms with Gasteiger partial charge in [0.1, 0.15) is 0 Å². The minimum absolute atomic E-state index is 0.678. The molecule has 0 N–H and O–H groups in total. The van der Waals surface area contributed by atoms with Crippen LogP contribution in [-0.2, 0) is 4.74 Å². The molecular weight excluding hydrogens is 406 g/mol. The van der Waals surface area contributed by atoms with Crippen molar-refractivity contribution in [1.82, 2.24) is 4.90 Å². The number of thioether (sulfide) groups is 1. The normalized spacial score (nSPS) is 19.1. The van der Waals surface area contributed by atoms with E-state index in [9.17, 15) is 0 Å². The van der Waals surface area contributed by atoms with Gasteiger partial charge in [-0.25, -0.2) is 0 Å². The van der Waals surface area contributed by atoms with Crippen molar-refractivity contribution in [2.24, 2.45) is 0 Å². The van der Waals surface area contributed by atoms with Crippen molar-refractivity contribution >= 4 is 55.8 Å². The second kappa shape index (κ2) is 8.21. The van der Waals surface area contributed by atoms with Gasteiger partial charge in [0.25, 0.3) is 0 Å². The van der Waals surface area contributed by atoms with Crippen LogP contribution in [0.2, 0.25) is 5.02 Å². The Morgan fingerprint density at radius 3 is 2.89 bits per heavy atom. The molecule has 0 spiro atoms. The lowest BCUT2D eigenvalue weighted by atomic mass is 10.1. The van der Waals surface area contributed by atoms with E-state index >= 15 is 0 Å². The maximum atomic E-state index is 6.31. The maximum Gasteiger partial charge on any atom is 0.0779 e. The number of allylic oxidation sites excluding steroid dienone is 4. The minimum Gasteiger partial charge on any atom is -0.375 e. The number of rotatable bonds is 5. The second-order valence-electron chi connectivity index (χ2n) is 7.30. The Balaban J connectivity index is 1.41. The summed E-state index contributed by atoms with van der Waals surface area (Å²) in [6, 6.07) is 6.20. The molecule has 1 aromatic carbocycles. The highest BCUT2D eigenvalue weighted by atomic mass is 35.5. The van der Waals surface area contributed by atoms with Crippen molar-refractivity contribution in [2.75, 3.05) is 32.8 Å². The molecule has 0 amide bonds. The molecule has 5 rings (SSSR count). The number of benzene rings is 1. The lowest BCUT2D eigenvalue weighted by Gasteiger charge is -2.17. The first kappa shape index (κ1) is 18.7. The summed E-state index contributed by atoms with van der Waals surface area (Å²) in [6.45, 7) is 4.98. The lowest BCUT2D eigenvalue weighted by molar-refractivity contribution is 0.132. The van der Waals surface area contributed by atoms with Crippen LogP contribution in [0.25, 0.3) is 21.1 Å². The van der Waals surface area contributed by atoms with Crippen LogP contribution in [0.5, 0.6) is 0 Å². The van der Waals surface area contributed by atoms with E-state index < -0.39 is 0 Å². The molecule has 1 fully saturated rings. The van der Waals surface area contributed by atoms with Crippen LogP contribution in [0, 0.1) is 0 Å². The molecule has 0 saturated carbocycles. The Morgan fingerprint density at radius 1 is 1.11 bits per heavy atom. The van der Waals surface area contributed by atoms with Crippen molar-refractivity contribution in [3.8, 4) is 0 Å². The van der Waals surface area contributed by atoms with Crippen molar-refractivity contribution in [3.05, 3.63) is 67.8 Å². The van der Waals surface area contributed by atoms with Crippen LogP contribution in [0.4, 0.5) is 0 Å². The Hall–Kier alpha value is -1.30. The van der Waals surface area contributed by atoms with Crippen LogP contribution in [0.15, 0.2) is 53.0 Å². The summed E-state index contributed by atoms with van der Waals surface area (Å²) in [5.41, 5.74) is 1.26. The highest BCUT2D eigenvalue weighted by molar-refractivity contribution is 8.11. The first-order valence-corrected chi connectivity index (χ1v) is 11.8. The maximum absolute atomic E-state index is 6.31. The molecule has 0 bridgehead atoms. The standard InChI is InChI=1S/C23H22ClNOS2/c24-17-7-9-20-19(14-17)22-21(28-20)5-3-4-16-6-8-18(27-23(16)22)15-26-13-12-25-10-1-2-11-25/h3-9,14H,1-2,10-13,15H2. The molecule has 5 heteroatoms. The zero-order valence-electron chi connectivity index (χ0n) is 15.6. The Kier molecular flexibility index (Phi) is 5.49. The van der Waals surface area contributed by atoms with Crippen LogP contribution in [-0.4, -0.2) is 37.7 Å². The van der Waals surface area contributed by atoms with Crippen molar-refractivity contribution < 1.29 is 4.74 Å². The summed E-state index contributed by atoms with van der Waals surface area (Å²) < 4.78 is 8.59. The molecule has 144 valence electrons. The van der Waals surface area contributed by atoms with Crippen LogP contribution >= 0.6 is 34.7 Å². The van der Waals surface area contributed by atoms with E-state index in [-0.39, 0.29) is 0 Å². The molecule has 1 aliphatic carbocycles. The van der Waals surface area contributed by atoms with E-state index in [0.717, 1.165) is 18.2 Å². The quantitative estimate of drug-likeness (QED) is 0.642. The van der Waals surface area contributed by atoms with E-state index in [4.69, 9.17) is 16.3 Å². The first-order chi connectivity index (χ1) is 13.8. The molecular formula is C23H22ClNOS2. The topological polar surface area (TPSA) is 12.5 Å². The van der Waals surface area contributed by atoms with Gasteiger partial charge in [-0.1, -0.05) is 41.6 Å². The average Bonchev–Trinajstić information content (AvgIpc) is 3.29. The van der Waals surface area contributed by atoms with Crippen LogP contribution in [0.1, 0.15) is 12.8 Å². The fourth-order valence-electron chi connectivity index (χ4n) is 3.94. The van der Waals surface area contributed by atoms with E-state index in [1.807, 2.05) is 29.2 Å². The fraction of sp³-hybridized carbons (Fsp3) is 0.304. The Bertz CT molecular complexity index is 1120. The Labute approximate surface area is 178 Å². The third kappa shape index (κ3) is 3.77. The highest BCUT2D eigenvalue weighted by Gasteiger charge is 2.17. The molecule has 0 radical (unpaired) electrons. The smallest absolute Gasteiger partial charge is 0.0779 e. The van der Waals surface area contributed by atoms with E-state index in [2.05, 4.69) is 47.4 Å². The van der Waals surface area contributed by atoms with Crippen LogP contribution in [0.3, 0.4) is 0 Å². The molecule has 2 aliphatic heterocycles. The van der Waals surface area contributed by atoms with Gasteiger partial charge < -0.3 is 9.64 Å². The summed E-state index contributed by atoms with van der Waals surface area (Å²) in [7, 11) is 0. The van der Waals surface area contributed by atoms with Gasteiger partial charge in [-0.3, -0.25) is 0 Å². The highest BCUT2D eigenvalue weighted by Crippen LogP contribution is 2.37. The SMILES string of the molecule is Clc1ccc2sc3c(c2c1)=C1SC(COCCN2CCCC2)=CC=C1C=CC=3. The van der Waals surface area contributed by atoms with E-state index in [1.54, 1.807) is 0 Å². The number of ether oxygens (including phenoxy) is 1. The molecule has 2 aromatic rings. The predicted molar refractivity (Wildman–Crippen MR) is 123 cm³/mol. The number of likely N-dealkylation sites (tertiary alicyclic amines) is 1. The first-order valence-electron chi connectivity index (χ1n) is 9.78. The van der Waals surface area contributed by atoms with Gasteiger partial charge in [0.2, 0.25) is 0 Å². The monoisotopic (exact) mass is 427 g/mol. The van der Waals surface area contributed by atoms with Crippen LogP contribution < -0.4 is 9.75 Å². The fourth-order valence-corrected chi connectivity index (χ4v) is 6.40. The lowest BCUT2D eigenvalue weighted by Crippen LogP contribution is -2.24. The summed E-state index contributed by atoms with van der Waals surface area (Å²) in [5.74, 6) is 0. The molecule has 3 heterocycles. The molecule has 2 nitrogen and oxygen atoms in total. The van der Waals surface area contributed by atoms with Gasteiger partial charge in [0.05, 0.1) is 13.2 Å². The van der Waals surface area contributed by atoms with Crippen molar-refractivity contribution in [2.45, 2.75) is 12.8 Å². The van der Waals surface area contributed by atoms with Gasteiger partial charge in [-0.05, 0) is 61.9 Å². The molecule has 28 heavy (non-hydrogen) atoms. The number of thiophene rings is 1. The number of halogens is 1. The summed E-state index contributed by atoms with van der Waals surface area (Å²) >= 11 is 9.99. The molecule has 0 atom stereocenters. The largest absolute Gasteiger partial charge is 0.375 e. The number of hydrogen-bond donors (Lipinski definition) is 0. The van der Waals surface area contributed by atoms with E-state index in [0.29, 0.717) is 6.61 Å². The third-order valence-corrected chi connectivity index (χ3v) is 7.90.